The van der Waals surface area contributed by atoms with Gasteiger partial charge in [0.05, 0.1) is 6.42 Å². The van der Waals surface area contributed by atoms with Crippen LogP contribution in [0.5, 0.6) is 0 Å². The molecule has 0 heterocycles. The predicted molar refractivity (Wildman–Crippen MR) is 75.4 cm³/mol. The fourth-order valence-corrected chi connectivity index (χ4v) is 2.13. The number of carbonyl (C=O) groups is 1. The molecule has 0 aromatic heterocycles. The van der Waals surface area contributed by atoms with Crippen molar-refractivity contribution in [3.63, 3.8) is 0 Å². The Labute approximate surface area is 116 Å². The van der Waals surface area contributed by atoms with E-state index in [0.29, 0.717) is 6.42 Å². The number of benzene rings is 1. The minimum atomic E-state index is -0.269. The fourth-order valence-electron chi connectivity index (χ4n) is 1.70. The lowest BCUT2D eigenvalue weighted by molar-refractivity contribution is -0.130. The number of hydrogen-bond acceptors (Lipinski definition) is 1. The lowest BCUT2D eigenvalue weighted by Crippen LogP contribution is -2.34. The summed E-state index contributed by atoms with van der Waals surface area (Å²) in [7, 11) is 0. The van der Waals surface area contributed by atoms with Gasteiger partial charge in [0.25, 0.3) is 0 Å². The second-order valence-corrected chi connectivity index (χ2v) is 5.02. The van der Waals surface area contributed by atoms with Crippen LogP contribution in [-0.2, 0) is 11.2 Å². The third-order valence-corrected chi connectivity index (χ3v) is 3.11. The summed E-state index contributed by atoms with van der Waals surface area (Å²) in [6.45, 7) is 3.62. The van der Waals surface area contributed by atoms with Gasteiger partial charge >= 0.3 is 0 Å². The number of alkyl halides is 1. The molecule has 0 aliphatic rings. The summed E-state index contributed by atoms with van der Waals surface area (Å²) >= 11 is 3.36. The molecular formula is C14H19BrFNO. The van der Waals surface area contributed by atoms with E-state index in [2.05, 4.69) is 22.9 Å². The Hall–Kier alpha value is -0.900. The Morgan fingerprint density at radius 3 is 2.50 bits per heavy atom. The molecule has 0 saturated heterocycles. The van der Waals surface area contributed by atoms with Crippen molar-refractivity contribution in [1.29, 1.82) is 0 Å². The summed E-state index contributed by atoms with van der Waals surface area (Å²) in [6, 6.07) is 6.12. The molecule has 0 N–H and O–H groups in total. The summed E-state index contributed by atoms with van der Waals surface area (Å²) in [6.07, 6.45) is 2.43. The highest BCUT2D eigenvalue weighted by Crippen LogP contribution is 2.07. The fraction of sp³-hybridized carbons (Fsp3) is 0.500. The van der Waals surface area contributed by atoms with Gasteiger partial charge in [0.15, 0.2) is 0 Å². The van der Waals surface area contributed by atoms with E-state index in [-0.39, 0.29) is 11.7 Å². The molecule has 1 rings (SSSR count). The lowest BCUT2D eigenvalue weighted by Gasteiger charge is -2.21. The van der Waals surface area contributed by atoms with Gasteiger partial charge in [-0.25, -0.2) is 4.39 Å². The molecule has 2 nitrogen and oxygen atoms in total. The van der Waals surface area contributed by atoms with Crippen molar-refractivity contribution in [2.45, 2.75) is 26.2 Å². The van der Waals surface area contributed by atoms with E-state index in [1.54, 1.807) is 12.1 Å². The molecule has 0 aliphatic carbocycles. The van der Waals surface area contributed by atoms with Gasteiger partial charge in [-0.3, -0.25) is 4.79 Å². The van der Waals surface area contributed by atoms with E-state index in [9.17, 15) is 9.18 Å². The monoisotopic (exact) mass is 315 g/mol. The van der Waals surface area contributed by atoms with Gasteiger partial charge in [-0.2, -0.15) is 0 Å². The van der Waals surface area contributed by atoms with E-state index in [0.717, 1.165) is 36.8 Å². The van der Waals surface area contributed by atoms with Crippen LogP contribution in [0.15, 0.2) is 24.3 Å². The Morgan fingerprint density at radius 1 is 1.28 bits per heavy atom. The zero-order chi connectivity index (χ0) is 13.4. The SMILES string of the molecule is CCCCN(CCBr)C(=O)Cc1ccc(F)cc1. The predicted octanol–water partition coefficient (Wildman–Crippen LogP) is 3.39. The van der Waals surface area contributed by atoms with Crippen LogP contribution in [0.1, 0.15) is 25.3 Å². The topological polar surface area (TPSA) is 20.3 Å². The molecule has 0 bridgehead atoms. The Bertz CT molecular complexity index is 367. The van der Waals surface area contributed by atoms with E-state index in [1.165, 1.54) is 12.1 Å². The van der Waals surface area contributed by atoms with Gasteiger partial charge < -0.3 is 4.90 Å². The summed E-state index contributed by atoms with van der Waals surface area (Å²) < 4.78 is 12.8. The van der Waals surface area contributed by atoms with Gasteiger partial charge in [0.2, 0.25) is 5.91 Å². The second-order valence-electron chi connectivity index (χ2n) is 4.23. The first-order valence-electron chi connectivity index (χ1n) is 6.25. The van der Waals surface area contributed by atoms with E-state index < -0.39 is 0 Å². The molecular weight excluding hydrogens is 297 g/mol. The van der Waals surface area contributed by atoms with Gasteiger partial charge in [0.1, 0.15) is 5.82 Å². The molecule has 100 valence electrons. The average Bonchev–Trinajstić information content (AvgIpc) is 2.37. The van der Waals surface area contributed by atoms with Crippen LogP contribution in [-0.4, -0.2) is 29.2 Å². The van der Waals surface area contributed by atoms with E-state index in [1.807, 2.05) is 4.90 Å². The second kappa shape index (κ2) is 8.25. The minimum absolute atomic E-state index is 0.106. The van der Waals surface area contributed by atoms with Gasteiger partial charge in [-0.15, -0.1) is 0 Å². The molecule has 0 saturated carbocycles. The van der Waals surface area contributed by atoms with Crippen molar-refractivity contribution in [1.82, 2.24) is 4.90 Å². The highest BCUT2D eigenvalue weighted by Gasteiger charge is 2.12. The lowest BCUT2D eigenvalue weighted by atomic mass is 10.1. The zero-order valence-corrected chi connectivity index (χ0v) is 12.2. The van der Waals surface area contributed by atoms with E-state index >= 15 is 0 Å². The highest BCUT2D eigenvalue weighted by atomic mass is 79.9. The van der Waals surface area contributed by atoms with Crippen LogP contribution in [0.2, 0.25) is 0 Å². The number of amides is 1. The zero-order valence-electron chi connectivity index (χ0n) is 10.7. The first-order valence-corrected chi connectivity index (χ1v) is 7.37. The number of hydrogen-bond donors (Lipinski definition) is 0. The molecule has 0 aliphatic heterocycles. The molecule has 1 aromatic carbocycles. The van der Waals surface area contributed by atoms with Gasteiger partial charge in [0, 0.05) is 18.4 Å². The van der Waals surface area contributed by atoms with Crippen LogP contribution < -0.4 is 0 Å². The Balaban J connectivity index is 2.57. The largest absolute Gasteiger partial charge is 0.342 e. The van der Waals surface area contributed by atoms with Crippen molar-refractivity contribution in [2.24, 2.45) is 0 Å². The van der Waals surface area contributed by atoms with Crippen molar-refractivity contribution >= 4 is 21.8 Å². The van der Waals surface area contributed by atoms with Crippen LogP contribution in [0.25, 0.3) is 0 Å². The summed E-state index contributed by atoms with van der Waals surface area (Å²) in [4.78, 5) is 14.0. The maximum absolute atomic E-state index is 12.8. The third kappa shape index (κ3) is 5.17. The smallest absolute Gasteiger partial charge is 0.227 e. The summed E-state index contributed by atoms with van der Waals surface area (Å²) in [5, 5.41) is 0.784. The molecule has 18 heavy (non-hydrogen) atoms. The third-order valence-electron chi connectivity index (χ3n) is 2.76. The first-order chi connectivity index (χ1) is 8.67. The van der Waals surface area contributed by atoms with Gasteiger partial charge in [-0.1, -0.05) is 41.4 Å². The molecule has 1 amide bonds. The summed E-state index contributed by atoms with van der Waals surface area (Å²) in [5.41, 5.74) is 0.859. The van der Waals surface area contributed by atoms with Crippen molar-refractivity contribution in [2.75, 3.05) is 18.4 Å². The Kier molecular flexibility index (Phi) is 6.94. The van der Waals surface area contributed by atoms with Crippen LogP contribution in [0.3, 0.4) is 0 Å². The molecule has 0 unspecified atom stereocenters. The quantitative estimate of drug-likeness (QED) is 0.706. The summed E-state index contributed by atoms with van der Waals surface area (Å²) in [5.74, 6) is -0.163. The molecule has 1 aromatic rings. The van der Waals surface area contributed by atoms with Crippen molar-refractivity contribution in [3.8, 4) is 0 Å². The number of unbranched alkanes of at least 4 members (excludes halogenated alkanes) is 1. The normalized spacial score (nSPS) is 10.4. The number of halogens is 2. The number of carbonyl (C=O) groups excluding carboxylic acids is 1. The molecule has 0 spiro atoms. The van der Waals surface area contributed by atoms with Crippen LogP contribution in [0.4, 0.5) is 4.39 Å². The maximum Gasteiger partial charge on any atom is 0.227 e. The molecule has 0 atom stereocenters. The number of nitrogens with zero attached hydrogens (tertiary/aromatic N) is 1. The highest BCUT2D eigenvalue weighted by molar-refractivity contribution is 9.09. The van der Waals surface area contributed by atoms with Crippen LogP contribution >= 0.6 is 15.9 Å². The van der Waals surface area contributed by atoms with Crippen molar-refractivity contribution in [3.05, 3.63) is 35.6 Å². The first kappa shape index (κ1) is 15.2. The van der Waals surface area contributed by atoms with Crippen molar-refractivity contribution < 1.29 is 9.18 Å². The molecule has 0 radical (unpaired) electrons. The van der Waals surface area contributed by atoms with Gasteiger partial charge in [-0.05, 0) is 24.1 Å². The van der Waals surface area contributed by atoms with E-state index in [4.69, 9.17) is 0 Å². The standard InChI is InChI=1S/C14H19BrFNO/c1-2-3-9-17(10-8-15)14(18)11-12-4-6-13(16)7-5-12/h4-7H,2-3,8-11H2,1H3. The molecule has 4 heteroatoms. The minimum Gasteiger partial charge on any atom is -0.342 e. The average molecular weight is 316 g/mol. The molecule has 0 fully saturated rings. The number of rotatable bonds is 7. The maximum atomic E-state index is 12.8. The van der Waals surface area contributed by atoms with Crippen LogP contribution in [0, 0.1) is 5.82 Å². The Morgan fingerprint density at radius 2 is 1.94 bits per heavy atom.